The summed E-state index contributed by atoms with van der Waals surface area (Å²) < 4.78 is 0. The Kier molecular flexibility index (Phi) is 1.72. The molecule has 1 rings (SSSR count). The lowest BCUT2D eigenvalue weighted by atomic mass is 10.8. The molecule has 0 aromatic carbocycles. The van der Waals surface area contributed by atoms with Crippen LogP contribution in [0.1, 0.15) is 0 Å². The van der Waals surface area contributed by atoms with E-state index in [1.807, 2.05) is 0 Å². The molecule has 0 bridgehead atoms. The standard InChI is InChI=1S/C2H2BP3/c3-6-4-1-2-5-6/h1-2H. The van der Waals surface area contributed by atoms with E-state index < -0.39 is 0 Å². The molecule has 0 N–H and O–H groups in total. The molecule has 0 spiro atoms. The van der Waals surface area contributed by atoms with E-state index in [9.17, 15) is 0 Å². The van der Waals surface area contributed by atoms with Gasteiger partial charge >= 0.3 is 0 Å². The molecule has 0 aliphatic carbocycles. The Morgan fingerprint density at radius 3 is 2.00 bits per heavy atom. The molecule has 0 unspecified atom stereocenters. The van der Waals surface area contributed by atoms with Gasteiger partial charge in [0.1, 0.15) is 0 Å². The summed E-state index contributed by atoms with van der Waals surface area (Å²) in [5.41, 5.74) is 0. The molecular weight excluding hydrogens is 128 g/mol. The first-order valence-electron chi connectivity index (χ1n) is 1.51. The van der Waals surface area contributed by atoms with Crippen LogP contribution >= 0.6 is 22.5 Å². The highest BCUT2D eigenvalue weighted by atomic mass is 32.2. The SMILES string of the molecule is [B]p1pccp1. The van der Waals surface area contributed by atoms with E-state index in [1.165, 1.54) is 15.7 Å². The summed E-state index contributed by atoms with van der Waals surface area (Å²) in [5, 5.41) is 0. The van der Waals surface area contributed by atoms with Crippen LogP contribution in [-0.4, -0.2) is 7.57 Å². The van der Waals surface area contributed by atoms with Crippen molar-refractivity contribution in [2.75, 3.05) is 0 Å². The second-order valence-corrected chi connectivity index (χ2v) is 7.47. The van der Waals surface area contributed by atoms with Crippen molar-refractivity contribution in [1.29, 1.82) is 0 Å². The van der Waals surface area contributed by atoms with E-state index in [0.29, 0.717) is 0 Å². The van der Waals surface area contributed by atoms with Crippen LogP contribution in [-0.2, 0) is 0 Å². The van der Waals surface area contributed by atoms with Crippen LogP contribution in [0.25, 0.3) is 0 Å². The maximum atomic E-state index is 5.51. The van der Waals surface area contributed by atoms with E-state index in [4.69, 9.17) is 7.57 Å². The summed E-state index contributed by atoms with van der Waals surface area (Å²) in [7, 11) is 8.19. The zero-order valence-corrected chi connectivity index (χ0v) is 5.76. The summed E-state index contributed by atoms with van der Waals surface area (Å²) in [6.07, 6.45) is 0. The topological polar surface area (TPSA) is 0 Å². The smallest absolute Gasteiger partial charge is 0.123 e. The Hall–Kier alpha value is 0.705. The van der Waals surface area contributed by atoms with E-state index in [-0.39, 0.29) is 6.77 Å². The molecule has 0 nitrogen and oxygen atoms in total. The fraction of sp³-hybridized carbons (Fsp3) is 0. The number of hydrogen-bond donors (Lipinski definition) is 0. The Balaban J connectivity index is 3.05. The van der Waals surface area contributed by atoms with Gasteiger partial charge in [0.15, 0.2) is 7.57 Å². The summed E-state index contributed by atoms with van der Waals surface area (Å²) in [4.78, 5) is 0. The Morgan fingerprint density at radius 1 is 1.33 bits per heavy atom. The van der Waals surface area contributed by atoms with Crippen LogP contribution in [0.3, 0.4) is 0 Å². The highest BCUT2D eigenvalue weighted by molar-refractivity contribution is 8.35. The van der Waals surface area contributed by atoms with Crippen LogP contribution in [0.2, 0.25) is 0 Å². The monoisotopic (exact) mass is 130 g/mol. The largest absolute Gasteiger partial charge is 0.159 e. The highest BCUT2D eigenvalue weighted by Crippen LogP contribution is 2.43. The fourth-order valence-electron chi connectivity index (χ4n) is 0.226. The molecule has 0 saturated carbocycles. The van der Waals surface area contributed by atoms with Crippen LogP contribution < -0.4 is 0 Å². The molecule has 0 atom stereocenters. The molecule has 4 heteroatoms. The summed E-state index contributed by atoms with van der Waals surface area (Å²) >= 11 is 0. The predicted octanol–water partition coefficient (Wildman–Crippen LogP) is 2.76. The Labute approximate surface area is 42.4 Å². The maximum Gasteiger partial charge on any atom is 0.159 e. The molecular formula is C2H2BP3. The summed E-state index contributed by atoms with van der Waals surface area (Å²) in [5.74, 6) is 4.24. The third-order valence-electron chi connectivity index (χ3n) is 0.437. The molecule has 1 aromatic heterocycles. The van der Waals surface area contributed by atoms with Gasteiger partial charge in [0.05, 0.1) is 0 Å². The molecule has 1 heterocycles. The fourth-order valence-corrected chi connectivity index (χ4v) is 4.72. The van der Waals surface area contributed by atoms with Crippen molar-refractivity contribution >= 4 is 30.1 Å². The third kappa shape index (κ3) is 1.09. The van der Waals surface area contributed by atoms with Crippen molar-refractivity contribution < 1.29 is 0 Å². The lowest BCUT2D eigenvalue weighted by molar-refractivity contribution is 2.39. The van der Waals surface area contributed by atoms with Crippen molar-refractivity contribution in [3.8, 4) is 0 Å². The molecule has 28 valence electrons. The van der Waals surface area contributed by atoms with Crippen molar-refractivity contribution in [3.63, 3.8) is 0 Å². The van der Waals surface area contributed by atoms with Gasteiger partial charge in [-0.15, -0.1) is 6.77 Å². The van der Waals surface area contributed by atoms with Gasteiger partial charge in [0.25, 0.3) is 0 Å². The van der Waals surface area contributed by atoms with Gasteiger partial charge in [-0.2, -0.15) is 0 Å². The number of rotatable bonds is 0. The van der Waals surface area contributed by atoms with E-state index in [2.05, 4.69) is 11.6 Å². The van der Waals surface area contributed by atoms with Gasteiger partial charge in [0.2, 0.25) is 0 Å². The van der Waals surface area contributed by atoms with Crippen LogP contribution in [0.4, 0.5) is 0 Å². The third-order valence-corrected chi connectivity index (χ3v) is 5.79. The lowest BCUT2D eigenvalue weighted by Crippen LogP contribution is -1.17. The zero-order valence-electron chi connectivity index (χ0n) is 3.07. The van der Waals surface area contributed by atoms with E-state index in [1.54, 1.807) is 0 Å². The zero-order chi connectivity index (χ0) is 4.41. The minimum atomic E-state index is -0.132. The second-order valence-electron chi connectivity index (χ2n) is 0.849. The average Bonchev–Trinajstić information content (AvgIpc) is 1.86. The predicted molar refractivity (Wildman–Crippen MR) is 35.3 cm³/mol. The second kappa shape index (κ2) is 2.13. The number of hydrogen-bond acceptors (Lipinski definition) is 0. The van der Waals surface area contributed by atoms with E-state index in [0.717, 1.165) is 0 Å². The minimum absolute atomic E-state index is 0.132. The van der Waals surface area contributed by atoms with Gasteiger partial charge in [-0.1, -0.05) is 15.7 Å². The average molecular weight is 130 g/mol. The van der Waals surface area contributed by atoms with Gasteiger partial charge < -0.3 is 0 Å². The van der Waals surface area contributed by atoms with Gasteiger partial charge in [-0.3, -0.25) is 0 Å². The van der Waals surface area contributed by atoms with Crippen molar-refractivity contribution in [2.24, 2.45) is 0 Å². The first-order chi connectivity index (χ1) is 2.89. The van der Waals surface area contributed by atoms with Gasteiger partial charge in [-0.05, 0) is 11.6 Å². The van der Waals surface area contributed by atoms with E-state index >= 15 is 0 Å². The molecule has 1 aromatic rings. The van der Waals surface area contributed by atoms with Crippen LogP contribution in [0, 0.1) is 0 Å². The first-order valence-corrected chi connectivity index (χ1v) is 6.26. The van der Waals surface area contributed by atoms with Crippen molar-refractivity contribution in [3.05, 3.63) is 11.6 Å². The van der Waals surface area contributed by atoms with Crippen LogP contribution in [0.5, 0.6) is 0 Å². The Bertz CT molecular complexity index is 112. The quantitative estimate of drug-likeness (QED) is 0.473. The molecule has 0 fully saturated rings. The van der Waals surface area contributed by atoms with Gasteiger partial charge in [0, 0.05) is 0 Å². The summed E-state index contributed by atoms with van der Waals surface area (Å²) in [6, 6.07) is 0. The van der Waals surface area contributed by atoms with Crippen LogP contribution in [0.15, 0.2) is 11.6 Å². The molecule has 0 aliphatic heterocycles. The molecule has 2 radical (unpaired) electrons. The molecule has 0 amide bonds. The Morgan fingerprint density at radius 2 is 1.83 bits per heavy atom. The summed E-state index contributed by atoms with van der Waals surface area (Å²) in [6.45, 7) is -0.132. The molecule has 0 saturated heterocycles. The minimum Gasteiger partial charge on any atom is -0.123 e. The molecule has 0 aliphatic rings. The highest BCUT2D eigenvalue weighted by Gasteiger charge is 1.74. The van der Waals surface area contributed by atoms with Crippen molar-refractivity contribution in [1.82, 2.24) is 0 Å². The van der Waals surface area contributed by atoms with Gasteiger partial charge in [-0.25, -0.2) is 0 Å². The maximum absolute atomic E-state index is 5.51. The first kappa shape index (κ1) is 4.85. The van der Waals surface area contributed by atoms with Crippen molar-refractivity contribution in [2.45, 2.75) is 0 Å². The normalized spacial score (nSPS) is 14.3. The lowest BCUT2D eigenvalue weighted by Gasteiger charge is -1.67. The molecule has 6 heavy (non-hydrogen) atoms.